The SMILES string of the molecule is CCCCN=C(NCC)NCCNC(=O)c1ccc(OC)cc1. The molecule has 1 aromatic rings. The highest BCUT2D eigenvalue weighted by Crippen LogP contribution is 2.10. The number of guanidine groups is 1. The van der Waals surface area contributed by atoms with Crippen LogP contribution in [0.5, 0.6) is 5.75 Å². The molecule has 1 rings (SSSR count). The molecule has 23 heavy (non-hydrogen) atoms. The van der Waals surface area contributed by atoms with Gasteiger partial charge in [-0.25, -0.2) is 0 Å². The van der Waals surface area contributed by atoms with Crippen LogP contribution < -0.4 is 20.7 Å². The number of rotatable bonds is 9. The van der Waals surface area contributed by atoms with E-state index in [0.29, 0.717) is 18.7 Å². The molecule has 0 bridgehead atoms. The van der Waals surface area contributed by atoms with Gasteiger partial charge in [-0.15, -0.1) is 0 Å². The molecule has 0 aliphatic carbocycles. The minimum Gasteiger partial charge on any atom is -0.497 e. The number of unbranched alkanes of at least 4 members (excludes halogenated alkanes) is 1. The van der Waals surface area contributed by atoms with Crippen LogP contribution in [-0.2, 0) is 0 Å². The summed E-state index contributed by atoms with van der Waals surface area (Å²) in [5.41, 5.74) is 0.620. The molecule has 1 amide bonds. The van der Waals surface area contributed by atoms with Crippen molar-refractivity contribution in [2.24, 2.45) is 4.99 Å². The van der Waals surface area contributed by atoms with Gasteiger partial charge < -0.3 is 20.7 Å². The zero-order chi connectivity index (χ0) is 16.9. The maximum Gasteiger partial charge on any atom is 0.251 e. The van der Waals surface area contributed by atoms with Crippen molar-refractivity contribution < 1.29 is 9.53 Å². The number of benzene rings is 1. The summed E-state index contributed by atoms with van der Waals surface area (Å²) < 4.78 is 5.08. The van der Waals surface area contributed by atoms with E-state index in [1.54, 1.807) is 31.4 Å². The van der Waals surface area contributed by atoms with Crippen LogP contribution in [0.4, 0.5) is 0 Å². The summed E-state index contributed by atoms with van der Waals surface area (Å²) in [6, 6.07) is 7.05. The summed E-state index contributed by atoms with van der Waals surface area (Å²) in [5, 5.41) is 9.27. The number of carbonyl (C=O) groups is 1. The Morgan fingerprint density at radius 2 is 1.78 bits per heavy atom. The minimum absolute atomic E-state index is 0.0950. The number of hydrogen-bond acceptors (Lipinski definition) is 3. The van der Waals surface area contributed by atoms with Gasteiger partial charge in [0, 0.05) is 31.7 Å². The number of ether oxygens (including phenoxy) is 1. The molecule has 6 nitrogen and oxygen atoms in total. The van der Waals surface area contributed by atoms with E-state index < -0.39 is 0 Å². The molecule has 0 spiro atoms. The third-order valence-corrected chi connectivity index (χ3v) is 3.18. The summed E-state index contributed by atoms with van der Waals surface area (Å²) in [5.74, 6) is 1.43. The van der Waals surface area contributed by atoms with Crippen molar-refractivity contribution in [2.45, 2.75) is 26.7 Å². The van der Waals surface area contributed by atoms with E-state index in [4.69, 9.17) is 4.74 Å². The van der Waals surface area contributed by atoms with Gasteiger partial charge in [-0.1, -0.05) is 13.3 Å². The first kappa shape index (κ1) is 18.8. The third kappa shape index (κ3) is 7.54. The topological polar surface area (TPSA) is 74.8 Å². The van der Waals surface area contributed by atoms with E-state index >= 15 is 0 Å². The predicted molar refractivity (Wildman–Crippen MR) is 94.2 cm³/mol. The molecule has 0 aliphatic heterocycles. The van der Waals surface area contributed by atoms with Crippen LogP contribution in [0, 0.1) is 0 Å². The molecular weight excluding hydrogens is 292 g/mol. The summed E-state index contributed by atoms with van der Waals surface area (Å²) >= 11 is 0. The Morgan fingerprint density at radius 3 is 2.39 bits per heavy atom. The minimum atomic E-state index is -0.0950. The molecule has 128 valence electrons. The van der Waals surface area contributed by atoms with Gasteiger partial charge in [0.05, 0.1) is 7.11 Å². The first-order valence-corrected chi connectivity index (χ1v) is 8.15. The fourth-order valence-electron chi connectivity index (χ4n) is 1.89. The molecule has 0 aromatic heterocycles. The highest BCUT2D eigenvalue weighted by molar-refractivity contribution is 5.94. The monoisotopic (exact) mass is 320 g/mol. The molecule has 0 heterocycles. The van der Waals surface area contributed by atoms with Crippen molar-refractivity contribution >= 4 is 11.9 Å². The Hall–Kier alpha value is -2.24. The number of methoxy groups -OCH3 is 1. The second kappa shape index (κ2) is 11.3. The van der Waals surface area contributed by atoms with Crippen LogP contribution in [0.1, 0.15) is 37.0 Å². The van der Waals surface area contributed by atoms with Gasteiger partial charge in [0.2, 0.25) is 0 Å². The van der Waals surface area contributed by atoms with E-state index in [2.05, 4.69) is 27.9 Å². The Kier molecular flexibility index (Phi) is 9.28. The van der Waals surface area contributed by atoms with E-state index in [0.717, 1.165) is 37.6 Å². The molecule has 0 atom stereocenters. The number of nitrogens with one attached hydrogen (secondary N) is 3. The number of amides is 1. The fourth-order valence-corrected chi connectivity index (χ4v) is 1.89. The van der Waals surface area contributed by atoms with Gasteiger partial charge in [0.15, 0.2) is 5.96 Å². The summed E-state index contributed by atoms with van der Waals surface area (Å²) in [6.45, 7) is 6.95. The van der Waals surface area contributed by atoms with Gasteiger partial charge in [-0.3, -0.25) is 9.79 Å². The van der Waals surface area contributed by atoms with Crippen molar-refractivity contribution in [3.8, 4) is 5.75 Å². The zero-order valence-electron chi connectivity index (χ0n) is 14.3. The van der Waals surface area contributed by atoms with Crippen LogP contribution in [-0.4, -0.2) is 45.2 Å². The predicted octanol–water partition coefficient (Wildman–Crippen LogP) is 1.78. The normalized spacial score (nSPS) is 11.0. The Bertz CT molecular complexity index is 486. The van der Waals surface area contributed by atoms with Crippen LogP contribution in [0.15, 0.2) is 29.3 Å². The lowest BCUT2D eigenvalue weighted by Crippen LogP contribution is -2.41. The van der Waals surface area contributed by atoms with E-state index in [1.165, 1.54) is 0 Å². The second-order valence-corrected chi connectivity index (χ2v) is 5.03. The van der Waals surface area contributed by atoms with E-state index in [1.807, 2.05) is 6.92 Å². The zero-order valence-corrected chi connectivity index (χ0v) is 14.3. The van der Waals surface area contributed by atoms with Crippen LogP contribution in [0.25, 0.3) is 0 Å². The summed E-state index contributed by atoms with van der Waals surface area (Å²) in [7, 11) is 1.60. The molecule has 0 radical (unpaired) electrons. The van der Waals surface area contributed by atoms with Gasteiger partial charge in [-0.05, 0) is 37.6 Å². The van der Waals surface area contributed by atoms with Crippen molar-refractivity contribution in [3.63, 3.8) is 0 Å². The van der Waals surface area contributed by atoms with Crippen molar-refractivity contribution in [1.29, 1.82) is 0 Å². The number of nitrogens with zero attached hydrogens (tertiary/aromatic N) is 1. The average molecular weight is 320 g/mol. The maximum atomic E-state index is 12.0. The number of carbonyl (C=O) groups excluding carboxylic acids is 1. The largest absolute Gasteiger partial charge is 0.497 e. The third-order valence-electron chi connectivity index (χ3n) is 3.18. The van der Waals surface area contributed by atoms with Crippen molar-refractivity contribution in [1.82, 2.24) is 16.0 Å². The van der Waals surface area contributed by atoms with Crippen LogP contribution in [0.3, 0.4) is 0 Å². The van der Waals surface area contributed by atoms with Crippen molar-refractivity contribution in [3.05, 3.63) is 29.8 Å². The Labute approximate surface area is 138 Å². The lowest BCUT2D eigenvalue weighted by Gasteiger charge is -2.12. The molecule has 0 fully saturated rings. The highest BCUT2D eigenvalue weighted by atomic mass is 16.5. The van der Waals surface area contributed by atoms with Crippen LogP contribution in [0.2, 0.25) is 0 Å². The van der Waals surface area contributed by atoms with E-state index in [-0.39, 0.29) is 5.91 Å². The van der Waals surface area contributed by atoms with E-state index in [9.17, 15) is 4.79 Å². The lowest BCUT2D eigenvalue weighted by molar-refractivity contribution is 0.0954. The Balaban J connectivity index is 2.33. The quantitative estimate of drug-likeness (QED) is 0.368. The smallest absolute Gasteiger partial charge is 0.251 e. The lowest BCUT2D eigenvalue weighted by atomic mass is 10.2. The molecule has 3 N–H and O–H groups in total. The first-order valence-electron chi connectivity index (χ1n) is 8.15. The molecule has 1 aromatic carbocycles. The molecular formula is C17H28N4O2. The molecule has 6 heteroatoms. The summed E-state index contributed by atoms with van der Waals surface area (Å²) in [6.07, 6.45) is 2.20. The van der Waals surface area contributed by atoms with Gasteiger partial charge in [0.25, 0.3) is 5.91 Å². The van der Waals surface area contributed by atoms with Gasteiger partial charge in [-0.2, -0.15) is 0 Å². The maximum absolute atomic E-state index is 12.0. The van der Waals surface area contributed by atoms with Gasteiger partial charge >= 0.3 is 0 Å². The highest BCUT2D eigenvalue weighted by Gasteiger charge is 2.04. The first-order chi connectivity index (χ1) is 11.2. The number of aliphatic imine (C=N–C) groups is 1. The number of hydrogen-bond donors (Lipinski definition) is 3. The Morgan fingerprint density at radius 1 is 1.09 bits per heavy atom. The fraction of sp³-hybridized carbons (Fsp3) is 0.529. The molecule has 0 unspecified atom stereocenters. The van der Waals surface area contributed by atoms with Crippen molar-refractivity contribution in [2.75, 3.05) is 33.3 Å². The molecule has 0 saturated carbocycles. The molecule has 0 aliphatic rings. The second-order valence-electron chi connectivity index (χ2n) is 5.03. The summed E-state index contributed by atoms with van der Waals surface area (Å²) in [4.78, 5) is 16.5. The van der Waals surface area contributed by atoms with Crippen LogP contribution >= 0.6 is 0 Å². The molecule has 0 saturated heterocycles. The van der Waals surface area contributed by atoms with Gasteiger partial charge in [0.1, 0.15) is 5.75 Å². The average Bonchev–Trinajstić information content (AvgIpc) is 2.58. The standard InChI is InChI=1S/C17H28N4O2/c1-4-6-11-20-17(18-5-2)21-13-12-19-16(22)14-7-9-15(23-3)10-8-14/h7-10H,4-6,11-13H2,1-3H3,(H,19,22)(H2,18,20,21).